The number of esters is 1. The van der Waals surface area contributed by atoms with Crippen LogP contribution in [0.2, 0.25) is 0 Å². The number of unbranched alkanes of at least 4 members (excludes halogenated alkanes) is 29. The van der Waals surface area contributed by atoms with E-state index in [-0.39, 0.29) is 18.5 Å². The van der Waals surface area contributed by atoms with Gasteiger partial charge in [-0.2, -0.15) is 0 Å². The minimum Gasteiger partial charge on any atom is -0.466 e. The van der Waals surface area contributed by atoms with Gasteiger partial charge in [-0.25, -0.2) is 0 Å². The molecular weight excluding hydrogens is 659 g/mol. The summed E-state index contributed by atoms with van der Waals surface area (Å²) in [7, 11) is 0. The Morgan fingerprint density at radius 1 is 0.509 bits per heavy atom. The Bertz CT molecular complexity index is 828. The number of allylic oxidation sites excluding steroid dienone is 3. The summed E-state index contributed by atoms with van der Waals surface area (Å²) in [5.41, 5.74) is 0. The van der Waals surface area contributed by atoms with E-state index in [0.717, 1.165) is 70.6 Å². The van der Waals surface area contributed by atoms with Crippen molar-refractivity contribution in [3.63, 3.8) is 0 Å². The Labute approximate surface area is 329 Å². The van der Waals surface area contributed by atoms with Gasteiger partial charge in [0, 0.05) is 12.8 Å². The van der Waals surface area contributed by atoms with Crippen molar-refractivity contribution in [2.75, 3.05) is 13.2 Å². The van der Waals surface area contributed by atoms with Gasteiger partial charge in [0.1, 0.15) is 0 Å². The molecule has 0 heterocycles. The van der Waals surface area contributed by atoms with E-state index >= 15 is 0 Å². The number of hydrogen-bond acceptors (Lipinski definition) is 5. The predicted molar refractivity (Wildman–Crippen MR) is 227 cm³/mol. The molecule has 53 heavy (non-hydrogen) atoms. The largest absolute Gasteiger partial charge is 0.466 e. The van der Waals surface area contributed by atoms with Gasteiger partial charge < -0.3 is 20.3 Å². The molecule has 6 nitrogen and oxygen atoms in total. The molecule has 0 spiro atoms. The zero-order chi connectivity index (χ0) is 38.7. The first-order valence-electron chi connectivity index (χ1n) is 23.1. The number of aliphatic hydroxyl groups is 2. The highest BCUT2D eigenvalue weighted by atomic mass is 16.5. The first kappa shape index (κ1) is 51.3. The van der Waals surface area contributed by atoms with E-state index in [9.17, 15) is 19.8 Å². The van der Waals surface area contributed by atoms with E-state index in [0.29, 0.717) is 19.4 Å². The molecule has 1 amide bonds. The molecule has 0 fully saturated rings. The number of hydrogen-bond donors (Lipinski definition) is 3. The molecule has 0 aliphatic rings. The third-order valence-corrected chi connectivity index (χ3v) is 10.5. The summed E-state index contributed by atoms with van der Waals surface area (Å²) >= 11 is 0. The van der Waals surface area contributed by atoms with E-state index in [4.69, 9.17) is 4.74 Å². The van der Waals surface area contributed by atoms with Crippen LogP contribution in [0.4, 0.5) is 0 Å². The monoisotopic (exact) mass is 748 g/mol. The molecule has 312 valence electrons. The van der Waals surface area contributed by atoms with Crippen molar-refractivity contribution >= 4 is 11.9 Å². The minimum absolute atomic E-state index is 0.0116. The number of aliphatic hydroxyl groups excluding tert-OH is 2. The first-order valence-corrected chi connectivity index (χ1v) is 23.1. The lowest BCUT2D eigenvalue weighted by Gasteiger charge is -2.20. The number of carbonyl (C=O) groups excluding carboxylic acids is 2. The Morgan fingerprint density at radius 2 is 0.887 bits per heavy atom. The summed E-state index contributed by atoms with van der Waals surface area (Å²) in [6.07, 6.45) is 48.8. The smallest absolute Gasteiger partial charge is 0.305 e. The fourth-order valence-electron chi connectivity index (χ4n) is 6.86. The van der Waals surface area contributed by atoms with Gasteiger partial charge in [-0.3, -0.25) is 9.59 Å². The first-order chi connectivity index (χ1) is 26.0. The molecule has 2 atom stereocenters. The van der Waals surface area contributed by atoms with Crippen molar-refractivity contribution in [3.8, 4) is 0 Å². The maximum atomic E-state index is 12.3. The number of rotatable bonds is 42. The summed E-state index contributed by atoms with van der Waals surface area (Å²) in [5.74, 6) is -0.0984. The van der Waals surface area contributed by atoms with E-state index in [1.54, 1.807) is 6.08 Å². The average Bonchev–Trinajstić information content (AvgIpc) is 3.16. The minimum atomic E-state index is -0.851. The second-order valence-electron chi connectivity index (χ2n) is 15.7. The number of ether oxygens (including phenoxy) is 1. The molecule has 0 aromatic heterocycles. The Hall–Kier alpha value is -1.66. The maximum Gasteiger partial charge on any atom is 0.305 e. The van der Waals surface area contributed by atoms with Gasteiger partial charge in [0.05, 0.1) is 25.4 Å². The molecule has 0 bridgehead atoms. The van der Waals surface area contributed by atoms with Crippen LogP contribution in [0.5, 0.6) is 0 Å². The highest BCUT2D eigenvalue weighted by Crippen LogP contribution is 2.14. The Balaban J connectivity index is 3.49. The van der Waals surface area contributed by atoms with Crippen molar-refractivity contribution < 1.29 is 24.5 Å². The molecule has 3 N–H and O–H groups in total. The van der Waals surface area contributed by atoms with E-state index in [1.165, 1.54) is 141 Å². The highest BCUT2D eigenvalue weighted by Gasteiger charge is 2.18. The highest BCUT2D eigenvalue weighted by molar-refractivity contribution is 5.76. The van der Waals surface area contributed by atoms with Gasteiger partial charge in [0.15, 0.2) is 0 Å². The van der Waals surface area contributed by atoms with E-state index < -0.39 is 12.1 Å². The quantitative estimate of drug-likeness (QED) is 0.0328. The van der Waals surface area contributed by atoms with Crippen LogP contribution in [0.25, 0.3) is 0 Å². The molecule has 6 heteroatoms. The number of amides is 1. The molecule has 0 aliphatic heterocycles. The maximum absolute atomic E-state index is 12.3. The summed E-state index contributed by atoms with van der Waals surface area (Å²) in [6.45, 7) is 4.82. The van der Waals surface area contributed by atoms with Gasteiger partial charge >= 0.3 is 5.97 Å². The van der Waals surface area contributed by atoms with Crippen molar-refractivity contribution in [1.82, 2.24) is 5.32 Å². The zero-order valence-corrected chi connectivity index (χ0v) is 35.2. The third kappa shape index (κ3) is 39.8. The summed E-state index contributed by atoms with van der Waals surface area (Å²) in [5, 5.41) is 22.8. The molecule has 0 radical (unpaired) electrons. The van der Waals surface area contributed by atoms with Crippen molar-refractivity contribution in [2.45, 2.75) is 251 Å². The van der Waals surface area contributed by atoms with E-state index in [2.05, 4.69) is 31.3 Å². The van der Waals surface area contributed by atoms with Crippen LogP contribution < -0.4 is 5.32 Å². The fraction of sp³-hybridized carbons (Fsp3) is 0.872. The average molecular weight is 748 g/mol. The number of carbonyl (C=O) groups is 2. The summed E-state index contributed by atoms with van der Waals surface area (Å²) in [6, 6.07) is -0.636. The standard InChI is InChI=1S/C47H89NO5/c1-3-5-7-9-11-13-14-21-25-29-33-37-41-47(52)53-42-38-34-30-26-22-19-17-15-16-18-20-24-28-32-36-40-46(51)48-44(43-49)45(50)39-35-31-27-23-12-10-8-6-4-2/h17,19,35,39,44-45,49-50H,3-16,18,20-34,36-38,40-43H2,1-2H3,(H,48,51)/b19-17-,39-35+. The molecule has 0 rings (SSSR count). The van der Waals surface area contributed by atoms with Crippen LogP contribution in [-0.2, 0) is 14.3 Å². The Kier molecular flexibility index (Phi) is 41.7. The van der Waals surface area contributed by atoms with Gasteiger partial charge in [0.2, 0.25) is 5.91 Å². The van der Waals surface area contributed by atoms with Gasteiger partial charge in [-0.05, 0) is 57.8 Å². The zero-order valence-electron chi connectivity index (χ0n) is 35.2. The molecule has 0 aliphatic carbocycles. The van der Waals surface area contributed by atoms with Crippen LogP contribution in [0, 0.1) is 0 Å². The lowest BCUT2D eigenvalue weighted by Crippen LogP contribution is -2.45. The third-order valence-electron chi connectivity index (χ3n) is 10.5. The number of nitrogens with one attached hydrogen (secondary N) is 1. The SMILES string of the molecule is CCCCCCCCC/C=C/C(O)C(CO)NC(=O)CCCCCCCCC/C=C\CCCCCCOC(=O)CCCCCCCCCCCCCC. The molecule has 2 unspecified atom stereocenters. The Morgan fingerprint density at radius 3 is 1.34 bits per heavy atom. The molecule has 0 aromatic rings. The topological polar surface area (TPSA) is 95.9 Å². The van der Waals surface area contributed by atoms with Crippen LogP contribution >= 0.6 is 0 Å². The van der Waals surface area contributed by atoms with Crippen LogP contribution in [0.1, 0.15) is 239 Å². The van der Waals surface area contributed by atoms with Crippen molar-refractivity contribution in [3.05, 3.63) is 24.3 Å². The van der Waals surface area contributed by atoms with Crippen molar-refractivity contribution in [1.29, 1.82) is 0 Å². The van der Waals surface area contributed by atoms with E-state index in [1.807, 2.05) is 6.08 Å². The van der Waals surface area contributed by atoms with Gasteiger partial charge in [-0.1, -0.05) is 192 Å². The second kappa shape index (κ2) is 43.1. The lowest BCUT2D eigenvalue weighted by atomic mass is 10.0. The lowest BCUT2D eigenvalue weighted by molar-refractivity contribution is -0.143. The second-order valence-corrected chi connectivity index (χ2v) is 15.7. The summed E-state index contributed by atoms with van der Waals surface area (Å²) < 4.78 is 5.43. The molecule has 0 saturated heterocycles. The van der Waals surface area contributed by atoms with Crippen LogP contribution in [-0.4, -0.2) is 47.4 Å². The molecule has 0 aromatic carbocycles. The van der Waals surface area contributed by atoms with Crippen LogP contribution in [0.3, 0.4) is 0 Å². The van der Waals surface area contributed by atoms with Crippen molar-refractivity contribution in [2.24, 2.45) is 0 Å². The predicted octanol–water partition coefficient (Wildman–Crippen LogP) is 13.2. The molecule has 0 saturated carbocycles. The normalized spacial score (nSPS) is 12.9. The fourth-order valence-corrected chi connectivity index (χ4v) is 6.86. The summed E-state index contributed by atoms with van der Waals surface area (Å²) in [4.78, 5) is 24.3. The van der Waals surface area contributed by atoms with Gasteiger partial charge in [0.25, 0.3) is 0 Å². The molecular formula is C47H89NO5. The van der Waals surface area contributed by atoms with Gasteiger partial charge in [-0.15, -0.1) is 0 Å². The van der Waals surface area contributed by atoms with Crippen LogP contribution in [0.15, 0.2) is 24.3 Å².